The molecule has 1 rings (SSSR count). The van der Waals surface area contributed by atoms with E-state index in [9.17, 15) is 8.42 Å². The Bertz CT molecular complexity index is 397. The first-order valence-electron chi connectivity index (χ1n) is 3.31. The summed E-state index contributed by atoms with van der Waals surface area (Å²) in [5, 5.41) is 0. The van der Waals surface area contributed by atoms with Crippen molar-refractivity contribution in [3.63, 3.8) is 0 Å². The van der Waals surface area contributed by atoms with Crippen LogP contribution in [0.3, 0.4) is 0 Å². The van der Waals surface area contributed by atoms with E-state index in [1.807, 2.05) is 6.92 Å². The van der Waals surface area contributed by atoms with E-state index in [0.717, 1.165) is 8.64 Å². The predicted octanol–water partition coefficient (Wildman–Crippen LogP) is 0.414. The zero-order chi connectivity index (χ0) is 9.35. The molecule has 0 fully saturated rings. The summed E-state index contributed by atoms with van der Waals surface area (Å²) in [6, 6.07) is 4.67. The molecule has 61 valence electrons. The Hall–Kier alpha value is 0.0651. The first kappa shape index (κ1) is 10.1. The van der Waals surface area contributed by atoms with Crippen LogP contribution in [0.1, 0.15) is 5.56 Å². The Labute approximate surface area is 87.5 Å². The normalized spacial score (nSPS) is 11.7. The monoisotopic (exact) mass is 373 g/mol. The summed E-state index contributed by atoms with van der Waals surface area (Å²) in [5.41, 5.74) is 1.09. The number of hydrogen-bond acceptors (Lipinski definition) is 2. The van der Waals surface area contributed by atoms with Crippen molar-refractivity contribution < 1.29 is 39.1 Å². The number of benzene rings is 1. The minimum absolute atomic E-state index is 0.00176. The van der Waals surface area contributed by atoms with Gasteiger partial charge in [0.25, 0.3) is 0 Å². The molecule has 0 spiro atoms. The number of aryl methyl sites for hydroxylation is 1. The van der Waals surface area contributed by atoms with Crippen molar-refractivity contribution in [3.8, 4) is 0 Å². The second-order valence-electron chi connectivity index (χ2n) is 2.56. The Morgan fingerprint density at radius 2 is 2.00 bits per heavy atom. The molecular weight excluding hydrogens is 365 g/mol. The molecule has 0 atom stereocenters. The molecule has 0 bridgehead atoms. The molecular formula is C7H7HgO3S. The van der Waals surface area contributed by atoms with Gasteiger partial charge in [0.1, 0.15) is 0 Å². The van der Waals surface area contributed by atoms with Gasteiger partial charge < -0.3 is 0 Å². The van der Waals surface area contributed by atoms with Crippen LogP contribution >= 0.6 is 0 Å². The Morgan fingerprint density at radius 3 is 2.42 bits per heavy atom. The molecule has 1 aromatic rings. The Kier molecular flexibility index (Phi) is 2.90. The van der Waals surface area contributed by atoms with Gasteiger partial charge in [0, 0.05) is 0 Å². The van der Waals surface area contributed by atoms with E-state index in [0.29, 0.717) is 26.1 Å². The summed E-state index contributed by atoms with van der Waals surface area (Å²) in [5.74, 6) is 0. The molecule has 0 aliphatic heterocycles. The Balaban J connectivity index is 3.33. The zero-order valence-electron chi connectivity index (χ0n) is 6.61. The predicted molar refractivity (Wildman–Crippen MR) is 40.6 cm³/mol. The van der Waals surface area contributed by atoms with E-state index in [1.165, 1.54) is 12.1 Å². The molecule has 0 heterocycles. The van der Waals surface area contributed by atoms with Gasteiger partial charge in [-0.3, -0.25) is 0 Å². The third-order valence-corrected chi connectivity index (χ3v) is 5.43. The van der Waals surface area contributed by atoms with Crippen LogP contribution in [0, 0.1) is 6.92 Å². The fourth-order valence-corrected chi connectivity index (χ4v) is 3.23. The molecule has 0 radical (unpaired) electrons. The molecule has 12 heavy (non-hydrogen) atoms. The van der Waals surface area contributed by atoms with Gasteiger partial charge in [-0.1, -0.05) is 0 Å². The molecule has 1 N–H and O–H groups in total. The second kappa shape index (κ2) is 3.43. The molecule has 0 aliphatic carbocycles. The van der Waals surface area contributed by atoms with Crippen LogP contribution in [0.15, 0.2) is 23.1 Å². The minimum atomic E-state index is -4.01. The van der Waals surface area contributed by atoms with Gasteiger partial charge in [-0.05, 0) is 0 Å². The van der Waals surface area contributed by atoms with Crippen LogP contribution in [0.4, 0.5) is 0 Å². The third-order valence-electron chi connectivity index (χ3n) is 1.62. The van der Waals surface area contributed by atoms with Gasteiger partial charge in [-0.15, -0.1) is 0 Å². The average Bonchev–Trinajstić information content (AvgIpc) is 1.92. The van der Waals surface area contributed by atoms with E-state index >= 15 is 0 Å². The summed E-state index contributed by atoms with van der Waals surface area (Å²) in [6.07, 6.45) is 0. The van der Waals surface area contributed by atoms with E-state index in [-0.39, 0.29) is 4.90 Å². The van der Waals surface area contributed by atoms with Gasteiger partial charge in [0.15, 0.2) is 0 Å². The number of hydrogen-bond donors (Lipinski definition) is 1. The summed E-state index contributed by atoms with van der Waals surface area (Å²) >= 11 is 0.378. The van der Waals surface area contributed by atoms with E-state index in [1.54, 1.807) is 6.07 Å². The maximum absolute atomic E-state index is 10.7. The van der Waals surface area contributed by atoms with Gasteiger partial charge in [0.05, 0.1) is 0 Å². The molecule has 3 nitrogen and oxygen atoms in total. The molecule has 1 aromatic carbocycles. The maximum atomic E-state index is 10.7. The SMILES string of the molecule is Cc1ccc(S(=O)(=O)O)c[c]1[Hg]. The topological polar surface area (TPSA) is 54.4 Å². The quantitative estimate of drug-likeness (QED) is 0.575. The van der Waals surface area contributed by atoms with E-state index < -0.39 is 10.1 Å². The van der Waals surface area contributed by atoms with Crippen molar-refractivity contribution in [2.24, 2.45) is 0 Å². The third kappa shape index (κ3) is 2.28. The molecule has 0 amide bonds. The molecule has 0 unspecified atom stereocenters. The van der Waals surface area contributed by atoms with Gasteiger partial charge in [-0.2, -0.15) is 0 Å². The molecule has 0 saturated heterocycles. The summed E-state index contributed by atoms with van der Waals surface area (Å²) in [7, 11) is -4.01. The fraction of sp³-hybridized carbons (Fsp3) is 0.143. The van der Waals surface area contributed by atoms with Crippen molar-refractivity contribution in [2.45, 2.75) is 11.8 Å². The molecule has 0 saturated carbocycles. The Morgan fingerprint density at radius 1 is 1.42 bits per heavy atom. The summed E-state index contributed by atoms with van der Waals surface area (Å²) in [4.78, 5) is -0.00176. The average molecular weight is 372 g/mol. The van der Waals surface area contributed by atoms with Crippen LogP contribution in [0.2, 0.25) is 0 Å². The van der Waals surface area contributed by atoms with Crippen LogP contribution in [-0.4, -0.2) is 13.0 Å². The van der Waals surface area contributed by atoms with Crippen LogP contribution in [0.5, 0.6) is 0 Å². The fourth-order valence-electron chi connectivity index (χ4n) is 0.808. The first-order valence-corrected chi connectivity index (χ1v) is 7.50. The van der Waals surface area contributed by atoms with E-state index in [2.05, 4.69) is 0 Å². The van der Waals surface area contributed by atoms with Crippen molar-refractivity contribution in [2.75, 3.05) is 0 Å². The molecule has 0 aromatic heterocycles. The van der Waals surface area contributed by atoms with Crippen LogP contribution in [0.25, 0.3) is 0 Å². The van der Waals surface area contributed by atoms with Gasteiger partial charge in [0.2, 0.25) is 0 Å². The molecule has 5 heteroatoms. The van der Waals surface area contributed by atoms with Crippen molar-refractivity contribution in [1.29, 1.82) is 0 Å². The van der Waals surface area contributed by atoms with Gasteiger partial charge in [-0.25, -0.2) is 0 Å². The molecule has 0 aliphatic rings. The second-order valence-corrected chi connectivity index (χ2v) is 6.95. The standard InChI is InChI=1S/C7H7O3S.Hg/c1-6-2-4-7(5-3-6)11(8,9)10;/h2,4-5H,1H3,(H,8,9,10);. The van der Waals surface area contributed by atoms with Gasteiger partial charge >= 0.3 is 87.9 Å². The first-order chi connectivity index (χ1) is 5.41. The summed E-state index contributed by atoms with van der Waals surface area (Å²) < 4.78 is 31.1. The zero-order valence-corrected chi connectivity index (χ0v) is 12.9. The van der Waals surface area contributed by atoms with Crippen LogP contribution in [-0.2, 0) is 36.2 Å². The van der Waals surface area contributed by atoms with Crippen molar-refractivity contribution in [1.82, 2.24) is 0 Å². The van der Waals surface area contributed by atoms with Crippen molar-refractivity contribution in [3.05, 3.63) is 23.8 Å². The van der Waals surface area contributed by atoms with Crippen molar-refractivity contribution >= 4 is 13.2 Å². The number of rotatable bonds is 1. The summed E-state index contributed by atoms with van der Waals surface area (Å²) in [6.45, 7) is 1.93. The van der Waals surface area contributed by atoms with Crippen LogP contribution < -0.4 is 3.07 Å². The van der Waals surface area contributed by atoms with E-state index in [4.69, 9.17) is 4.55 Å².